The van der Waals surface area contributed by atoms with Gasteiger partial charge in [-0.15, -0.1) is 0 Å². The van der Waals surface area contributed by atoms with Gasteiger partial charge in [0.15, 0.2) is 0 Å². The predicted octanol–water partition coefficient (Wildman–Crippen LogP) is 3.04. The smallest absolute Gasteiger partial charge is 0.255 e. The van der Waals surface area contributed by atoms with Crippen LogP contribution in [-0.4, -0.2) is 41.3 Å². The van der Waals surface area contributed by atoms with Gasteiger partial charge >= 0.3 is 0 Å². The standard InChI is InChI=1S/C20H20N4O3/c1-26-17-10-4-12(11-21-17)3-8-15-18-16(24-23-15)9-7-14(19(18)27-2)20(25)22-13-5-6-13/h3-4,7-11,13H,5-6H2,1-2H3,(H,22,25)(H,23,24). The maximum Gasteiger partial charge on any atom is 0.255 e. The lowest BCUT2D eigenvalue weighted by atomic mass is 10.1. The van der Waals surface area contributed by atoms with Gasteiger partial charge in [-0.05, 0) is 42.7 Å². The van der Waals surface area contributed by atoms with Crippen LogP contribution in [0.5, 0.6) is 11.6 Å². The lowest BCUT2D eigenvalue weighted by Crippen LogP contribution is -2.25. The molecule has 0 radical (unpaired) electrons. The molecule has 1 aromatic carbocycles. The Hall–Kier alpha value is -3.35. The number of nitrogens with one attached hydrogen (secondary N) is 2. The molecule has 0 atom stereocenters. The second-order valence-electron chi connectivity index (χ2n) is 6.39. The molecule has 1 fully saturated rings. The summed E-state index contributed by atoms with van der Waals surface area (Å²) >= 11 is 0. The quantitative estimate of drug-likeness (QED) is 0.702. The maximum absolute atomic E-state index is 12.5. The summed E-state index contributed by atoms with van der Waals surface area (Å²) in [6.45, 7) is 0. The first kappa shape index (κ1) is 17.1. The SMILES string of the molecule is COc1ccc(C=Cc2n[nH]c3ccc(C(=O)NC4CC4)c(OC)c23)cn1. The highest BCUT2D eigenvalue weighted by molar-refractivity contribution is 6.05. The Bertz CT molecular complexity index is 1000. The van der Waals surface area contributed by atoms with E-state index in [0.29, 0.717) is 22.9 Å². The summed E-state index contributed by atoms with van der Waals surface area (Å²) in [4.78, 5) is 16.7. The summed E-state index contributed by atoms with van der Waals surface area (Å²) in [5, 5.41) is 11.1. The number of ether oxygens (including phenoxy) is 2. The van der Waals surface area contributed by atoms with E-state index in [4.69, 9.17) is 9.47 Å². The van der Waals surface area contributed by atoms with Gasteiger partial charge in [-0.1, -0.05) is 6.08 Å². The molecule has 0 bridgehead atoms. The number of aromatic nitrogens is 3. The third kappa shape index (κ3) is 3.48. The number of carbonyl (C=O) groups is 1. The summed E-state index contributed by atoms with van der Waals surface area (Å²) in [6, 6.07) is 7.59. The molecule has 0 aliphatic heterocycles. The zero-order chi connectivity index (χ0) is 18.8. The molecule has 2 N–H and O–H groups in total. The van der Waals surface area contributed by atoms with Gasteiger partial charge in [0.25, 0.3) is 5.91 Å². The van der Waals surface area contributed by atoms with Crippen molar-refractivity contribution >= 4 is 29.0 Å². The number of amides is 1. The topological polar surface area (TPSA) is 89.1 Å². The largest absolute Gasteiger partial charge is 0.495 e. The van der Waals surface area contributed by atoms with E-state index in [1.54, 1.807) is 32.5 Å². The third-order valence-electron chi connectivity index (χ3n) is 4.47. The van der Waals surface area contributed by atoms with E-state index in [0.717, 1.165) is 29.3 Å². The number of H-pyrrole nitrogens is 1. The van der Waals surface area contributed by atoms with Crippen molar-refractivity contribution in [1.82, 2.24) is 20.5 Å². The molecule has 1 aliphatic carbocycles. The van der Waals surface area contributed by atoms with Crippen LogP contribution in [0.2, 0.25) is 0 Å². The van der Waals surface area contributed by atoms with E-state index < -0.39 is 0 Å². The summed E-state index contributed by atoms with van der Waals surface area (Å²) in [5.41, 5.74) is 2.92. The number of methoxy groups -OCH3 is 2. The number of fused-ring (bicyclic) bond motifs is 1. The highest BCUT2D eigenvalue weighted by Crippen LogP contribution is 2.33. The van der Waals surface area contributed by atoms with Gasteiger partial charge in [0.1, 0.15) is 5.75 Å². The van der Waals surface area contributed by atoms with Gasteiger partial charge < -0.3 is 14.8 Å². The second kappa shape index (κ2) is 7.11. The third-order valence-corrected chi connectivity index (χ3v) is 4.47. The molecular formula is C20H20N4O3. The fourth-order valence-corrected chi connectivity index (χ4v) is 2.89. The lowest BCUT2D eigenvalue weighted by molar-refractivity contribution is 0.0948. The lowest BCUT2D eigenvalue weighted by Gasteiger charge is -2.10. The van der Waals surface area contributed by atoms with Crippen LogP contribution in [-0.2, 0) is 0 Å². The molecule has 0 spiro atoms. The number of carbonyl (C=O) groups excluding carboxylic acids is 1. The first-order valence-electron chi connectivity index (χ1n) is 8.73. The number of nitrogens with zero attached hydrogens (tertiary/aromatic N) is 2. The van der Waals surface area contributed by atoms with Gasteiger partial charge in [0.05, 0.1) is 36.4 Å². The molecule has 4 rings (SSSR count). The van der Waals surface area contributed by atoms with Crippen LogP contribution >= 0.6 is 0 Å². The number of aromatic amines is 1. The van der Waals surface area contributed by atoms with E-state index in [-0.39, 0.29) is 11.9 Å². The van der Waals surface area contributed by atoms with Crippen molar-refractivity contribution in [3.05, 3.63) is 47.3 Å². The zero-order valence-corrected chi connectivity index (χ0v) is 15.2. The molecule has 1 saturated carbocycles. The maximum atomic E-state index is 12.5. The van der Waals surface area contributed by atoms with Crippen molar-refractivity contribution in [2.45, 2.75) is 18.9 Å². The fraction of sp³-hybridized carbons (Fsp3) is 0.250. The average molecular weight is 364 g/mol. The molecule has 2 aromatic heterocycles. The monoisotopic (exact) mass is 364 g/mol. The van der Waals surface area contributed by atoms with Crippen LogP contribution < -0.4 is 14.8 Å². The van der Waals surface area contributed by atoms with Gasteiger partial charge in [0, 0.05) is 18.3 Å². The fourth-order valence-electron chi connectivity index (χ4n) is 2.89. The Kier molecular flexibility index (Phi) is 4.50. The van der Waals surface area contributed by atoms with Crippen molar-refractivity contribution < 1.29 is 14.3 Å². The molecule has 1 aliphatic rings. The first-order chi connectivity index (χ1) is 13.2. The Morgan fingerprint density at radius 3 is 2.70 bits per heavy atom. The number of rotatable bonds is 6. The molecular weight excluding hydrogens is 344 g/mol. The number of pyridine rings is 1. The number of hydrogen-bond acceptors (Lipinski definition) is 5. The van der Waals surface area contributed by atoms with E-state index in [1.165, 1.54) is 0 Å². The van der Waals surface area contributed by atoms with Gasteiger partial charge in [-0.2, -0.15) is 5.10 Å². The Labute approximate surface area is 156 Å². The average Bonchev–Trinajstić information content (AvgIpc) is 3.42. The highest BCUT2D eigenvalue weighted by atomic mass is 16.5. The Balaban J connectivity index is 1.69. The van der Waals surface area contributed by atoms with Crippen molar-refractivity contribution in [2.75, 3.05) is 14.2 Å². The molecule has 27 heavy (non-hydrogen) atoms. The Morgan fingerprint density at radius 2 is 2.04 bits per heavy atom. The van der Waals surface area contributed by atoms with E-state index >= 15 is 0 Å². The molecule has 7 nitrogen and oxygen atoms in total. The molecule has 2 heterocycles. The summed E-state index contributed by atoms with van der Waals surface area (Å²) in [7, 11) is 3.15. The van der Waals surface area contributed by atoms with Crippen LogP contribution in [0, 0.1) is 0 Å². The van der Waals surface area contributed by atoms with Crippen molar-refractivity contribution in [2.24, 2.45) is 0 Å². The van der Waals surface area contributed by atoms with Gasteiger partial charge in [-0.3, -0.25) is 9.89 Å². The zero-order valence-electron chi connectivity index (χ0n) is 15.2. The van der Waals surface area contributed by atoms with E-state index in [1.807, 2.05) is 24.3 Å². The van der Waals surface area contributed by atoms with Crippen LogP contribution in [0.1, 0.15) is 34.5 Å². The van der Waals surface area contributed by atoms with Crippen molar-refractivity contribution in [3.8, 4) is 11.6 Å². The van der Waals surface area contributed by atoms with Crippen molar-refractivity contribution in [1.29, 1.82) is 0 Å². The second-order valence-corrected chi connectivity index (χ2v) is 6.39. The minimum Gasteiger partial charge on any atom is -0.495 e. The summed E-state index contributed by atoms with van der Waals surface area (Å²) in [5.74, 6) is 0.962. The summed E-state index contributed by atoms with van der Waals surface area (Å²) < 4.78 is 10.6. The van der Waals surface area contributed by atoms with E-state index in [9.17, 15) is 4.79 Å². The normalized spacial score (nSPS) is 13.9. The van der Waals surface area contributed by atoms with E-state index in [2.05, 4.69) is 20.5 Å². The molecule has 7 heteroatoms. The highest BCUT2D eigenvalue weighted by Gasteiger charge is 2.26. The van der Waals surface area contributed by atoms with Crippen LogP contribution in [0.15, 0.2) is 30.5 Å². The van der Waals surface area contributed by atoms with Crippen molar-refractivity contribution in [3.63, 3.8) is 0 Å². The minimum absolute atomic E-state index is 0.119. The molecule has 1 amide bonds. The molecule has 138 valence electrons. The predicted molar refractivity (Wildman–Crippen MR) is 103 cm³/mol. The first-order valence-corrected chi connectivity index (χ1v) is 8.73. The minimum atomic E-state index is -0.119. The molecule has 3 aromatic rings. The molecule has 0 saturated heterocycles. The van der Waals surface area contributed by atoms with Crippen LogP contribution in [0.4, 0.5) is 0 Å². The summed E-state index contributed by atoms with van der Waals surface area (Å²) in [6.07, 6.45) is 7.56. The van der Waals surface area contributed by atoms with Crippen LogP contribution in [0.25, 0.3) is 23.1 Å². The van der Waals surface area contributed by atoms with Crippen LogP contribution in [0.3, 0.4) is 0 Å². The number of hydrogen-bond donors (Lipinski definition) is 2. The van der Waals surface area contributed by atoms with Gasteiger partial charge in [0.2, 0.25) is 5.88 Å². The Morgan fingerprint density at radius 1 is 1.19 bits per heavy atom. The molecule has 0 unspecified atom stereocenters. The number of benzene rings is 1. The van der Waals surface area contributed by atoms with Gasteiger partial charge in [-0.25, -0.2) is 4.98 Å².